The summed E-state index contributed by atoms with van der Waals surface area (Å²) in [6.45, 7) is 2.57. The van der Waals surface area contributed by atoms with E-state index in [1.807, 2.05) is 42.8 Å². The topological polar surface area (TPSA) is 67.9 Å². The van der Waals surface area contributed by atoms with Gasteiger partial charge in [-0.05, 0) is 55.2 Å². The lowest BCUT2D eigenvalue weighted by atomic mass is 10.0. The van der Waals surface area contributed by atoms with Crippen LogP contribution in [0.4, 0.5) is 0 Å². The molecule has 0 saturated heterocycles. The van der Waals surface area contributed by atoms with Crippen molar-refractivity contribution in [2.24, 2.45) is 0 Å². The van der Waals surface area contributed by atoms with E-state index >= 15 is 0 Å². The second-order valence-corrected chi connectivity index (χ2v) is 8.32. The van der Waals surface area contributed by atoms with Crippen LogP contribution in [0.3, 0.4) is 0 Å². The minimum absolute atomic E-state index is 0.0169. The third kappa shape index (κ3) is 3.70. The molecule has 0 amide bonds. The zero-order valence-electron chi connectivity index (χ0n) is 17.1. The van der Waals surface area contributed by atoms with Gasteiger partial charge in [0.25, 0.3) is 0 Å². The maximum Gasteiger partial charge on any atom is 0.196 e. The normalized spacial score (nSPS) is 13.0. The summed E-state index contributed by atoms with van der Waals surface area (Å²) in [6.07, 6.45) is 3.54. The highest BCUT2D eigenvalue weighted by molar-refractivity contribution is 7.11. The number of carbonyl (C=O) groups excluding carboxylic acids is 1. The average molecular weight is 428 g/mol. The van der Waals surface area contributed by atoms with Crippen molar-refractivity contribution >= 4 is 28.3 Å². The summed E-state index contributed by atoms with van der Waals surface area (Å²) in [5.74, 6) is 0.697. The van der Waals surface area contributed by atoms with E-state index < -0.39 is 0 Å². The molecule has 6 heteroatoms. The van der Waals surface area contributed by atoms with Gasteiger partial charge in [-0.3, -0.25) is 9.89 Å². The van der Waals surface area contributed by atoms with Gasteiger partial charge < -0.3 is 4.74 Å². The number of H-pyrrole nitrogens is 1. The second-order valence-electron chi connectivity index (χ2n) is 7.46. The number of carbonyl (C=O) groups is 1. The summed E-state index contributed by atoms with van der Waals surface area (Å²) < 4.78 is 5.98. The number of nitrogens with one attached hydrogen (secondary N) is 1. The van der Waals surface area contributed by atoms with Crippen LogP contribution in [0.2, 0.25) is 0 Å². The molecule has 0 saturated carbocycles. The minimum atomic E-state index is -0.0169. The zero-order valence-corrected chi connectivity index (χ0v) is 17.9. The van der Waals surface area contributed by atoms with E-state index in [-0.39, 0.29) is 5.78 Å². The molecule has 0 radical (unpaired) electrons. The summed E-state index contributed by atoms with van der Waals surface area (Å²) in [5.41, 5.74) is 7.88. The van der Waals surface area contributed by atoms with Gasteiger partial charge in [0.1, 0.15) is 5.75 Å². The van der Waals surface area contributed by atoms with Gasteiger partial charge in [0.2, 0.25) is 0 Å². The first kappa shape index (κ1) is 19.5. The van der Waals surface area contributed by atoms with Crippen molar-refractivity contribution < 1.29 is 9.53 Å². The van der Waals surface area contributed by atoms with E-state index in [0.29, 0.717) is 29.2 Å². The molecule has 0 aliphatic heterocycles. The van der Waals surface area contributed by atoms with E-state index in [4.69, 9.17) is 4.74 Å². The molecular formula is C25H21N3O2S. The lowest BCUT2D eigenvalue weighted by molar-refractivity contribution is 0.105. The van der Waals surface area contributed by atoms with Crippen molar-refractivity contribution in [3.05, 3.63) is 99.3 Å². The first-order valence-corrected chi connectivity index (χ1v) is 11.1. The molecule has 0 spiro atoms. The number of aromatic nitrogens is 3. The molecule has 0 bridgehead atoms. The molecule has 154 valence electrons. The molecule has 2 aromatic heterocycles. The van der Waals surface area contributed by atoms with Crippen LogP contribution in [0, 0.1) is 6.92 Å². The third-order valence-electron chi connectivity index (χ3n) is 5.45. The van der Waals surface area contributed by atoms with Crippen molar-refractivity contribution in [1.82, 2.24) is 15.2 Å². The van der Waals surface area contributed by atoms with E-state index in [1.54, 1.807) is 17.5 Å². The largest absolute Gasteiger partial charge is 0.494 e. The monoisotopic (exact) mass is 427 g/mol. The highest BCUT2D eigenvalue weighted by Crippen LogP contribution is 2.44. The first-order valence-electron chi connectivity index (χ1n) is 10.2. The van der Waals surface area contributed by atoms with Gasteiger partial charge in [-0.1, -0.05) is 30.3 Å². The Morgan fingerprint density at radius 2 is 1.90 bits per heavy atom. The molecule has 0 fully saturated rings. The number of rotatable bonds is 7. The van der Waals surface area contributed by atoms with Crippen molar-refractivity contribution in [3.8, 4) is 5.75 Å². The van der Waals surface area contributed by atoms with E-state index in [1.165, 1.54) is 5.56 Å². The maximum atomic E-state index is 13.4. The van der Waals surface area contributed by atoms with Crippen molar-refractivity contribution in [3.63, 3.8) is 0 Å². The highest BCUT2D eigenvalue weighted by atomic mass is 32.1. The van der Waals surface area contributed by atoms with Gasteiger partial charge in [0, 0.05) is 17.3 Å². The average Bonchev–Trinajstić information content (AvgIpc) is 3.52. The molecular weight excluding hydrogens is 406 g/mol. The molecule has 2 aromatic carbocycles. The number of ether oxygens (including phenoxy) is 1. The van der Waals surface area contributed by atoms with Crippen LogP contribution in [0.25, 0.3) is 11.1 Å². The van der Waals surface area contributed by atoms with E-state index in [0.717, 1.165) is 34.5 Å². The van der Waals surface area contributed by atoms with Gasteiger partial charge >= 0.3 is 0 Å². The van der Waals surface area contributed by atoms with Crippen molar-refractivity contribution in [2.45, 2.75) is 19.8 Å². The number of ketones is 1. The van der Waals surface area contributed by atoms with Crippen LogP contribution in [-0.2, 0) is 6.42 Å². The standard InChI is InChI=1S/C25H21N3O2S/c1-16-25(31-15-26-16)22-19-10-9-18(30-13-5-8-17-6-3-2-4-7-17)14-20(19)24(29)23(22)21-11-12-27-28-21/h2-4,6-7,9-12,14-15H,5,8,13H2,1H3,(H,27,28). The molecule has 2 heterocycles. The van der Waals surface area contributed by atoms with Gasteiger partial charge in [0.15, 0.2) is 5.78 Å². The number of benzene rings is 2. The predicted molar refractivity (Wildman–Crippen MR) is 122 cm³/mol. The Kier molecular flexibility index (Phi) is 5.22. The lowest BCUT2D eigenvalue weighted by Crippen LogP contribution is -2.02. The van der Waals surface area contributed by atoms with Crippen LogP contribution >= 0.6 is 11.3 Å². The van der Waals surface area contributed by atoms with Gasteiger partial charge in [-0.2, -0.15) is 5.10 Å². The van der Waals surface area contributed by atoms with Crippen molar-refractivity contribution in [2.75, 3.05) is 6.61 Å². The van der Waals surface area contributed by atoms with Crippen LogP contribution in [0.1, 0.15) is 44.2 Å². The Morgan fingerprint density at radius 3 is 2.65 bits per heavy atom. The third-order valence-corrected chi connectivity index (χ3v) is 6.39. The molecule has 5 rings (SSSR count). The van der Waals surface area contributed by atoms with Crippen LogP contribution in [0.15, 0.2) is 66.3 Å². The molecule has 31 heavy (non-hydrogen) atoms. The lowest BCUT2D eigenvalue weighted by Gasteiger charge is -2.09. The van der Waals surface area contributed by atoms with Crippen LogP contribution in [-0.4, -0.2) is 27.6 Å². The zero-order chi connectivity index (χ0) is 21.2. The number of aromatic amines is 1. The molecule has 4 aromatic rings. The Bertz CT molecular complexity index is 1260. The number of hydrogen-bond acceptors (Lipinski definition) is 5. The minimum Gasteiger partial charge on any atom is -0.494 e. The predicted octanol–water partition coefficient (Wildman–Crippen LogP) is 5.34. The molecule has 1 aliphatic rings. The molecule has 1 N–H and O–H groups in total. The molecule has 0 unspecified atom stereocenters. The SMILES string of the molecule is Cc1ncsc1C1=C(c2ccn[nH]2)C(=O)c2cc(OCCCc3ccccc3)ccc21. The number of hydrogen-bond donors (Lipinski definition) is 1. The molecule has 5 nitrogen and oxygen atoms in total. The fourth-order valence-electron chi connectivity index (χ4n) is 3.94. The fraction of sp³-hybridized carbons (Fsp3) is 0.160. The van der Waals surface area contributed by atoms with Crippen LogP contribution < -0.4 is 4.74 Å². The van der Waals surface area contributed by atoms with E-state index in [9.17, 15) is 4.79 Å². The van der Waals surface area contributed by atoms with Gasteiger partial charge in [-0.15, -0.1) is 11.3 Å². The van der Waals surface area contributed by atoms with Crippen LogP contribution in [0.5, 0.6) is 5.75 Å². The van der Waals surface area contributed by atoms with Gasteiger partial charge in [0.05, 0.1) is 34.0 Å². The second kappa shape index (κ2) is 8.32. The fourth-order valence-corrected chi connectivity index (χ4v) is 4.81. The Labute approximate surface area is 184 Å². The highest BCUT2D eigenvalue weighted by Gasteiger charge is 2.34. The number of aryl methyl sites for hydroxylation is 2. The summed E-state index contributed by atoms with van der Waals surface area (Å²) >= 11 is 1.55. The molecule has 0 atom stereocenters. The number of fused-ring (bicyclic) bond motifs is 1. The Morgan fingerprint density at radius 1 is 1.03 bits per heavy atom. The number of thiazole rings is 1. The smallest absolute Gasteiger partial charge is 0.196 e. The summed E-state index contributed by atoms with van der Waals surface area (Å²) in [6, 6.07) is 18.0. The Balaban J connectivity index is 1.40. The first-order chi connectivity index (χ1) is 15.2. The summed E-state index contributed by atoms with van der Waals surface area (Å²) in [4.78, 5) is 18.8. The Hall–Kier alpha value is -3.51. The van der Waals surface area contributed by atoms with E-state index in [2.05, 4.69) is 39.4 Å². The molecule has 1 aliphatic carbocycles. The number of Topliss-reactive ketones (excluding diaryl/α,β-unsaturated/α-hetero) is 1. The maximum absolute atomic E-state index is 13.4. The number of allylic oxidation sites excluding steroid dienone is 1. The summed E-state index contributed by atoms with van der Waals surface area (Å²) in [5, 5.41) is 7.00. The van der Waals surface area contributed by atoms with Crippen molar-refractivity contribution in [1.29, 1.82) is 0 Å². The van der Waals surface area contributed by atoms with Gasteiger partial charge in [-0.25, -0.2) is 4.98 Å². The number of nitrogens with zero attached hydrogens (tertiary/aromatic N) is 2. The quantitative estimate of drug-likeness (QED) is 0.404. The summed E-state index contributed by atoms with van der Waals surface area (Å²) in [7, 11) is 0.